The molecule has 1 fully saturated rings. The summed E-state index contributed by atoms with van der Waals surface area (Å²) < 4.78 is 8.06. The standard InChI is InChI=1S/C20H25BrN6S/c1-26(2)9-10-27-18(21)16(17-19(22)23-13-24-20(17)27)14-5-7-15(8-6-14)25-28-11-3-4-12-28/h5-8,13H,3-4,9-12H2,1-2H3,(H2,22,23,24). The van der Waals surface area contributed by atoms with Crippen molar-refractivity contribution in [2.45, 2.75) is 19.4 Å². The highest BCUT2D eigenvalue weighted by Crippen LogP contribution is 2.40. The highest BCUT2D eigenvalue weighted by Gasteiger charge is 2.20. The Morgan fingerprint density at radius 2 is 1.89 bits per heavy atom. The summed E-state index contributed by atoms with van der Waals surface area (Å²) in [5.74, 6) is 2.98. The molecule has 4 rings (SSSR count). The van der Waals surface area contributed by atoms with Crippen LogP contribution in [0.3, 0.4) is 0 Å². The zero-order chi connectivity index (χ0) is 19.7. The van der Waals surface area contributed by atoms with Crippen molar-refractivity contribution in [3.63, 3.8) is 0 Å². The van der Waals surface area contributed by atoms with Crippen molar-refractivity contribution in [3.8, 4) is 11.1 Å². The van der Waals surface area contributed by atoms with Crippen LogP contribution in [0.1, 0.15) is 12.8 Å². The van der Waals surface area contributed by atoms with E-state index in [0.29, 0.717) is 5.82 Å². The maximum absolute atomic E-state index is 6.26. The molecule has 1 aliphatic rings. The lowest BCUT2D eigenvalue weighted by atomic mass is 10.1. The zero-order valence-corrected chi connectivity index (χ0v) is 18.6. The van der Waals surface area contributed by atoms with Gasteiger partial charge in [-0.05, 0) is 60.6 Å². The second-order valence-corrected chi connectivity index (χ2v) is 9.97. The van der Waals surface area contributed by atoms with E-state index in [4.69, 9.17) is 10.1 Å². The van der Waals surface area contributed by atoms with Crippen LogP contribution < -0.4 is 5.73 Å². The fourth-order valence-electron chi connectivity index (χ4n) is 3.50. The second-order valence-electron chi connectivity index (χ2n) is 7.29. The van der Waals surface area contributed by atoms with E-state index in [0.717, 1.165) is 45.5 Å². The van der Waals surface area contributed by atoms with E-state index in [1.54, 1.807) is 0 Å². The number of rotatable bonds is 5. The molecule has 8 heteroatoms. The number of nitrogens with two attached hydrogens (primary N) is 1. The first-order chi connectivity index (χ1) is 13.5. The molecule has 148 valence electrons. The van der Waals surface area contributed by atoms with E-state index in [-0.39, 0.29) is 10.7 Å². The van der Waals surface area contributed by atoms with Gasteiger partial charge in [0.1, 0.15) is 17.8 Å². The number of fused-ring (bicyclic) bond motifs is 1. The van der Waals surface area contributed by atoms with E-state index < -0.39 is 0 Å². The van der Waals surface area contributed by atoms with Gasteiger partial charge in [0.25, 0.3) is 0 Å². The van der Waals surface area contributed by atoms with Gasteiger partial charge >= 0.3 is 0 Å². The number of benzene rings is 1. The van der Waals surface area contributed by atoms with Gasteiger partial charge in [0.15, 0.2) is 0 Å². The predicted octanol–water partition coefficient (Wildman–Crippen LogP) is 4.23. The van der Waals surface area contributed by atoms with Gasteiger partial charge in [-0.25, -0.2) is 14.3 Å². The van der Waals surface area contributed by atoms with Gasteiger partial charge in [0.05, 0.1) is 15.7 Å². The van der Waals surface area contributed by atoms with Crippen molar-refractivity contribution in [1.82, 2.24) is 19.4 Å². The molecule has 1 aliphatic heterocycles. The highest BCUT2D eigenvalue weighted by atomic mass is 79.9. The first kappa shape index (κ1) is 19.5. The average molecular weight is 461 g/mol. The number of halogens is 1. The Morgan fingerprint density at radius 1 is 1.18 bits per heavy atom. The first-order valence-electron chi connectivity index (χ1n) is 9.47. The van der Waals surface area contributed by atoms with Crippen molar-refractivity contribution in [2.24, 2.45) is 4.36 Å². The van der Waals surface area contributed by atoms with Crippen LogP contribution in [0.5, 0.6) is 0 Å². The molecule has 0 aliphatic carbocycles. The van der Waals surface area contributed by atoms with Gasteiger partial charge in [-0.2, -0.15) is 0 Å². The number of nitrogen functional groups attached to an aromatic ring is 1. The molecule has 6 nitrogen and oxygen atoms in total. The first-order valence-corrected chi connectivity index (χ1v) is 11.8. The average Bonchev–Trinajstić information content (AvgIpc) is 3.27. The number of hydrogen-bond donors (Lipinski definition) is 1. The van der Waals surface area contributed by atoms with Gasteiger partial charge in [0.2, 0.25) is 0 Å². The van der Waals surface area contributed by atoms with Crippen molar-refractivity contribution in [3.05, 3.63) is 35.2 Å². The second kappa shape index (κ2) is 8.31. The van der Waals surface area contributed by atoms with Crippen LogP contribution in [-0.2, 0) is 17.2 Å². The Hall–Kier alpha value is -1.77. The summed E-state index contributed by atoms with van der Waals surface area (Å²) in [5, 5.41) is 0.899. The molecule has 1 aromatic carbocycles. The molecule has 28 heavy (non-hydrogen) atoms. The summed E-state index contributed by atoms with van der Waals surface area (Å²) in [6.45, 7) is 1.72. The summed E-state index contributed by atoms with van der Waals surface area (Å²) in [6.07, 6.45) is 4.15. The molecule has 2 N–H and O–H groups in total. The summed E-state index contributed by atoms with van der Waals surface area (Å²) in [6, 6.07) is 8.47. The van der Waals surface area contributed by atoms with Crippen LogP contribution in [0.4, 0.5) is 11.5 Å². The summed E-state index contributed by atoms with van der Waals surface area (Å²) in [5.41, 5.74) is 10.3. The lowest BCUT2D eigenvalue weighted by Crippen LogP contribution is -2.18. The third-order valence-corrected chi connectivity index (χ3v) is 7.79. The maximum Gasteiger partial charge on any atom is 0.147 e. The van der Waals surface area contributed by atoms with Crippen molar-refractivity contribution >= 4 is 49.2 Å². The molecule has 2 aromatic heterocycles. The third-order valence-electron chi connectivity index (χ3n) is 4.98. The summed E-state index contributed by atoms with van der Waals surface area (Å²) >= 11 is 3.80. The highest BCUT2D eigenvalue weighted by molar-refractivity contribution is 9.10. The summed E-state index contributed by atoms with van der Waals surface area (Å²) in [7, 11) is 4.34. The molecular weight excluding hydrogens is 436 g/mol. The Kier molecular flexibility index (Phi) is 5.80. The molecule has 0 radical (unpaired) electrons. The largest absolute Gasteiger partial charge is 0.383 e. The fraction of sp³-hybridized carbons (Fsp3) is 0.400. The van der Waals surface area contributed by atoms with Crippen LogP contribution in [0.2, 0.25) is 0 Å². The van der Waals surface area contributed by atoms with E-state index >= 15 is 0 Å². The molecule has 0 amide bonds. The molecule has 0 atom stereocenters. The van der Waals surface area contributed by atoms with Gasteiger partial charge in [0, 0.05) is 30.2 Å². The van der Waals surface area contributed by atoms with Crippen molar-refractivity contribution in [2.75, 3.05) is 37.9 Å². The molecule has 0 saturated carbocycles. The lowest BCUT2D eigenvalue weighted by molar-refractivity contribution is 0.385. The minimum atomic E-state index is 0.204. The van der Waals surface area contributed by atoms with Crippen LogP contribution in [0.15, 0.2) is 39.6 Å². The molecule has 3 heterocycles. The predicted molar refractivity (Wildman–Crippen MR) is 122 cm³/mol. The van der Waals surface area contributed by atoms with Crippen LogP contribution in [0, 0.1) is 0 Å². The Labute approximate surface area is 176 Å². The minimum Gasteiger partial charge on any atom is -0.383 e. The smallest absolute Gasteiger partial charge is 0.147 e. The topological polar surface area (TPSA) is 72.3 Å². The Balaban J connectivity index is 1.77. The fourth-order valence-corrected chi connectivity index (χ4v) is 6.15. The van der Waals surface area contributed by atoms with Crippen LogP contribution in [0.25, 0.3) is 22.2 Å². The number of nitrogens with zero attached hydrogens (tertiary/aromatic N) is 5. The van der Waals surface area contributed by atoms with Gasteiger partial charge in [-0.15, -0.1) is 0 Å². The minimum absolute atomic E-state index is 0.204. The van der Waals surface area contributed by atoms with Crippen LogP contribution >= 0.6 is 15.9 Å². The number of likely N-dealkylation sites (N-methyl/N-ethyl adjacent to an activating group) is 1. The van der Waals surface area contributed by atoms with Crippen molar-refractivity contribution < 1.29 is 0 Å². The number of anilines is 1. The van der Waals surface area contributed by atoms with Crippen molar-refractivity contribution in [1.29, 1.82) is 0 Å². The SMILES string of the molecule is CN(C)CCn1c(Br)c(-c2ccc(N=S3CCCC3)cc2)c2c(N)ncnc21. The quantitative estimate of drug-likeness (QED) is 0.617. The summed E-state index contributed by atoms with van der Waals surface area (Å²) in [4.78, 5) is 10.9. The normalized spacial score (nSPS) is 15.0. The van der Waals surface area contributed by atoms with E-state index in [2.05, 4.69) is 73.7 Å². The Bertz CT molecular complexity index is 1020. The molecule has 1 saturated heterocycles. The monoisotopic (exact) mass is 460 g/mol. The van der Waals surface area contributed by atoms with Gasteiger partial charge < -0.3 is 15.2 Å². The zero-order valence-electron chi connectivity index (χ0n) is 16.2. The third kappa shape index (κ3) is 3.86. The number of hydrogen-bond acceptors (Lipinski definition) is 5. The molecule has 0 spiro atoms. The molecule has 0 unspecified atom stereocenters. The van der Waals surface area contributed by atoms with Gasteiger partial charge in [-0.3, -0.25) is 0 Å². The Morgan fingerprint density at radius 3 is 2.57 bits per heavy atom. The van der Waals surface area contributed by atoms with E-state index in [1.807, 2.05) is 0 Å². The maximum atomic E-state index is 6.26. The lowest BCUT2D eigenvalue weighted by Gasteiger charge is -2.12. The molecular formula is C20H25BrN6S. The molecule has 0 bridgehead atoms. The number of aromatic nitrogens is 3. The van der Waals surface area contributed by atoms with Crippen LogP contribution in [-0.4, -0.2) is 51.6 Å². The van der Waals surface area contributed by atoms with E-state index in [1.165, 1.54) is 30.7 Å². The van der Waals surface area contributed by atoms with E-state index in [9.17, 15) is 0 Å². The van der Waals surface area contributed by atoms with Gasteiger partial charge in [-0.1, -0.05) is 22.8 Å². The molecule has 3 aromatic rings.